The molecule has 102 valence electrons. The molecule has 1 aromatic rings. The molecule has 0 heterocycles. The molecular formula is C16H21NO2. The molecule has 1 fully saturated rings. The third-order valence-corrected chi connectivity index (χ3v) is 4.33. The van der Waals surface area contributed by atoms with Crippen LogP contribution in [-0.2, 0) is 6.42 Å². The summed E-state index contributed by atoms with van der Waals surface area (Å²) in [5.41, 5.74) is 3.12. The highest BCUT2D eigenvalue weighted by Crippen LogP contribution is 2.30. The number of hydrogen-bond acceptors (Lipinski definition) is 3. The minimum atomic E-state index is 0.370. The minimum Gasteiger partial charge on any atom is -0.490 e. The zero-order valence-electron chi connectivity index (χ0n) is 11.4. The summed E-state index contributed by atoms with van der Waals surface area (Å²) >= 11 is 0. The van der Waals surface area contributed by atoms with Crippen LogP contribution in [0.15, 0.2) is 23.4 Å². The quantitative estimate of drug-likeness (QED) is 0.649. The Kier molecular flexibility index (Phi) is 3.45. The molecule has 1 aromatic carbocycles. The second kappa shape index (κ2) is 5.24. The fourth-order valence-electron chi connectivity index (χ4n) is 3.30. The van der Waals surface area contributed by atoms with Crippen molar-refractivity contribution in [1.29, 1.82) is 0 Å². The van der Waals surface area contributed by atoms with Crippen LogP contribution in [0.5, 0.6) is 5.75 Å². The van der Waals surface area contributed by atoms with Crippen molar-refractivity contribution in [1.82, 2.24) is 0 Å². The molecule has 1 N–H and O–H groups in total. The van der Waals surface area contributed by atoms with Crippen molar-refractivity contribution in [2.24, 2.45) is 11.1 Å². The lowest BCUT2D eigenvalue weighted by Crippen LogP contribution is -2.24. The van der Waals surface area contributed by atoms with E-state index in [9.17, 15) is 0 Å². The molecule has 19 heavy (non-hydrogen) atoms. The van der Waals surface area contributed by atoms with Gasteiger partial charge in [0, 0.05) is 5.56 Å². The second-order valence-corrected chi connectivity index (χ2v) is 5.88. The van der Waals surface area contributed by atoms with Gasteiger partial charge in [0.15, 0.2) is 0 Å². The van der Waals surface area contributed by atoms with Gasteiger partial charge in [-0.2, -0.15) is 0 Å². The topological polar surface area (TPSA) is 41.8 Å². The first-order valence-electron chi connectivity index (χ1n) is 7.27. The number of benzene rings is 1. The van der Waals surface area contributed by atoms with Crippen LogP contribution in [0.3, 0.4) is 0 Å². The summed E-state index contributed by atoms with van der Waals surface area (Å²) in [5.74, 6) is 1.75. The molecule has 0 bridgehead atoms. The van der Waals surface area contributed by atoms with E-state index in [0.717, 1.165) is 35.8 Å². The SMILES string of the molecule is CC1CCCC(Oc2ccc3c(c2)CC/C3=N\O)C1. The van der Waals surface area contributed by atoms with Crippen LogP contribution in [0.1, 0.15) is 50.2 Å². The Morgan fingerprint density at radius 3 is 2.95 bits per heavy atom. The zero-order chi connectivity index (χ0) is 13.2. The molecule has 0 aliphatic heterocycles. The average molecular weight is 259 g/mol. The lowest BCUT2D eigenvalue weighted by Gasteiger charge is -2.27. The highest BCUT2D eigenvalue weighted by molar-refractivity contribution is 6.04. The molecule has 1 saturated carbocycles. The summed E-state index contributed by atoms with van der Waals surface area (Å²) < 4.78 is 6.12. The van der Waals surface area contributed by atoms with Gasteiger partial charge in [0.1, 0.15) is 5.75 Å². The summed E-state index contributed by atoms with van der Waals surface area (Å²) in [6.45, 7) is 2.31. The number of aryl methyl sites for hydroxylation is 1. The first-order valence-corrected chi connectivity index (χ1v) is 7.27. The summed E-state index contributed by atoms with van der Waals surface area (Å²) in [4.78, 5) is 0. The summed E-state index contributed by atoms with van der Waals surface area (Å²) in [6, 6.07) is 6.15. The molecule has 0 spiro atoms. The van der Waals surface area contributed by atoms with E-state index in [-0.39, 0.29) is 0 Å². The number of rotatable bonds is 2. The Hall–Kier alpha value is -1.51. The van der Waals surface area contributed by atoms with Gasteiger partial charge < -0.3 is 9.94 Å². The van der Waals surface area contributed by atoms with Gasteiger partial charge in [-0.1, -0.05) is 18.5 Å². The van der Waals surface area contributed by atoms with E-state index < -0.39 is 0 Å². The molecule has 0 saturated heterocycles. The van der Waals surface area contributed by atoms with Crippen molar-refractivity contribution in [2.75, 3.05) is 0 Å². The van der Waals surface area contributed by atoms with Gasteiger partial charge >= 0.3 is 0 Å². The number of fused-ring (bicyclic) bond motifs is 1. The standard InChI is InChI=1S/C16H21NO2/c1-11-3-2-4-13(9-11)19-14-6-7-15-12(10-14)5-8-16(15)17-18/h6-7,10-11,13,18H,2-5,8-9H2,1H3/b17-16+. The molecular weight excluding hydrogens is 238 g/mol. The molecule has 3 nitrogen and oxygen atoms in total. The second-order valence-electron chi connectivity index (χ2n) is 5.88. The van der Waals surface area contributed by atoms with Crippen LogP contribution < -0.4 is 4.74 Å². The van der Waals surface area contributed by atoms with E-state index in [2.05, 4.69) is 18.1 Å². The van der Waals surface area contributed by atoms with Crippen LogP contribution in [0, 0.1) is 5.92 Å². The van der Waals surface area contributed by atoms with E-state index in [1.54, 1.807) is 0 Å². The van der Waals surface area contributed by atoms with Crippen molar-refractivity contribution in [3.05, 3.63) is 29.3 Å². The third-order valence-electron chi connectivity index (χ3n) is 4.33. The molecule has 0 amide bonds. The number of nitrogens with zero attached hydrogens (tertiary/aromatic N) is 1. The molecule has 0 radical (unpaired) electrons. The molecule has 3 rings (SSSR count). The van der Waals surface area contributed by atoms with Gasteiger partial charge in [-0.25, -0.2) is 0 Å². The smallest absolute Gasteiger partial charge is 0.120 e. The maximum absolute atomic E-state index is 8.93. The molecule has 2 aliphatic carbocycles. The molecule has 2 unspecified atom stereocenters. The first kappa shape index (κ1) is 12.5. The minimum absolute atomic E-state index is 0.370. The molecule has 0 aromatic heterocycles. The maximum Gasteiger partial charge on any atom is 0.120 e. The van der Waals surface area contributed by atoms with E-state index in [1.165, 1.54) is 31.2 Å². The zero-order valence-corrected chi connectivity index (χ0v) is 11.4. The average Bonchev–Trinajstić information content (AvgIpc) is 2.81. The highest BCUT2D eigenvalue weighted by atomic mass is 16.5. The van der Waals surface area contributed by atoms with Gasteiger partial charge in [-0.3, -0.25) is 0 Å². The Labute approximate surface area is 114 Å². The Balaban J connectivity index is 1.73. The Morgan fingerprint density at radius 1 is 1.26 bits per heavy atom. The van der Waals surface area contributed by atoms with Crippen molar-refractivity contribution >= 4 is 5.71 Å². The first-order chi connectivity index (χ1) is 9.26. The molecule has 2 atom stereocenters. The van der Waals surface area contributed by atoms with Crippen LogP contribution in [-0.4, -0.2) is 17.0 Å². The maximum atomic E-state index is 8.93. The van der Waals surface area contributed by atoms with Gasteiger partial charge in [-0.05, 0) is 61.8 Å². The van der Waals surface area contributed by atoms with Crippen molar-refractivity contribution < 1.29 is 9.94 Å². The van der Waals surface area contributed by atoms with E-state index in [0.29, 0.717) is 6.10 Å². The Bertz CT molecular complexity index is 496. The van der Waals surface area contributed by atoms with E-state index in [1.807, 2.05) is 12.1 Å². The monoisotopic (exact) mass is 259 g/mol. The predicted octanol–water partition coefficient (Wildman–Crippen LogP) is 3.77. The summed E-state index contributed by atoms with van der Waals surface area (Å²) in [5, 5.41) is 12.3. The fourth-order valence-corrected chi connectivity index (χ4v) is 3.30. The predicted molar refractivity (Wildman–Crippen MR) is 75.1 cm³/mol. The van der Waals surface area contributed by atoms with Crippen LogP contribution in [0.2, 0.25) is 0 Å². The van der Waals surface area contributed by atoms with Crippen molar-refractivity contribution in [2.45, 2.75) is 51.6 Å². The molecule has 3 heteroatoms. The lowest BCUT2D eigenvalue weighted by molar-refractivity contribution is 0.129. The number of ether oxygens (including phenoxy) is 1. The summed E-state index contributed by atoms with van der Waals surface area (Å²) in [7, 11) is 0. The van der Waals surface area contributed by atoms with E-state index >= 15 is 0 Å². The van der Waals surface area contributed by atoms with Crippen molar-refractivity contribution in [3.63, 3.8) is 0 Å². The fraction of sp³-hybridized carbons (Fsp3) is 0.562. The molecule has 2 aliphatic rings. The normalized spacial score (nSPS) is 28.4. The Morgan fingerprint density at radius 2 is 2.16 bits per heavy atom. The largest absolute Gasteiger partial charge is 0.490 e. The van der Waals surface area contributed by atoms with Crippen LogP contribution in [0.25, 0.3) is 0 Å². The number of oxime groups is 1. The van der Waals surface area contributed by atoms with Gasteiger partial charge in [0.25, 0.3) is 0 Å². The van der Waals surface area contributed by atoms with Gasteiger partial charge in [-0.15, -0.1) is 0 Å². The van der Waals surface area contributed by atoms with Crippen molar-refractivity contribution in [3.8, 4) is 5.75 Å². The summed E-state index contributed by atoms with van der Waals surface area (Å²) in [6.07, 6.45) is 7.10. The van der Waals surface area contributed by atoms with Gasteiger partial charge in [0.2, 0.25) is 0 Å². The third kappa shape index (κ3) is 2.60. The van der Waals surface area contributed by atoms with Crippen LogP contribution in [0.4, 0.5) is 0 Å². The lowest BCUT2D eigenvalue weighted by atomic mass is 9.89. The highest BCUT2D eigenvalue weighted by Gasteiger charge is 2.22. The van der Waals surface area contributed by atoms with Gasteiger partial charge in [0.05, 0.1) is 11.8 Å². The van der Waals surface area contributed by atoms with E-state index in [4.69, 9.17) is 9.94 Å². The number of hydrogen-bond donors (Lipinski definition) is 1. The van der Waals surface area contributed by atoms with Crippen LogP contribution >= 0.6 is 0 Å².